The zero-order valence-corrected chi connectivity index (χ0v) is 8.04. The molecule has 1 rings (SSSR count). The van der Waals surface area contributed by atoms with Crippen molar-refractivity contribution in [3.8, 4) is 5.75 Å². The Kier molecular flexibility index (Phi) is 3.45. The largest absolute Gasteiger partial charge is 0.513 e. The third-order valence-corrected chi connectivity index (χ3v) is 1.59. The first-order valence-electron chi connectivity index (χ1n) is 4.24. The van der Waals surface area contributed by atoms with Crippen molar-refractivity contribution in [3.05, 3.63) is 29.6 Å². The lowest BCUT2D eigenvalue weighted by molar-refractivity contribution is 0.104. The fourth-order valence-corrected chi connectivity index (χ4v) is 0.924. The highest BCUT2D eigenvalue weighted by atomic mass is 19.1. The standard InChI is InChI=1S/C10H11FO3/c1-3-13-10(12)14-8-4-5-9(11)7(2)6-8/h4-6H,3H2,1-2H3. The lowest BCUT2D eigenvalue weighted by Gasteiger charge is -2.04. The highest BCUT2D eigenvalue weighted by Gasteiger charge is 2.06. The van der Waals surface area contributed by atoms with Crippen molar-refractivity contribution in [1.29, 1.82) is 0 Å². The zero-order chi connectivity index (χ0) is 10.6. The Hall–Kier alpha value is -1.58. The molecule has 0 spiro atoms. The van der Waals surface area contributed by atoms with Gasteiger partial charge in [-0.15, -0.1) is 0 Å². The van der Waals surface area contributed by atoms with Crippen molar-refractivity contribution in [1.82, 2.24) is 0 Å². The molecule has 4 heteroatoms. The van der Waals surface area contributed by atoms with E-state index in [-0.39, 0.29) is 18.2 Å². The van der Waals surface area contributed by atoms with Crippen LogP contribution in [-0.2, 0) is 4.74 Å². The predicted molar refractivity (Wildman–Crippen MR) is 48.8 cm³/mol. The summed E-state index contributed by atoms with van der Waals surface area (Å²) in [7, 11) is 0. The first kappa shape index (κ1) is 10.5. The fourth-order valence-electron chi connectivity index (χ4n) is 0.924. The van der Waals surface area contributed by atoms with Crippen molar-refractivity contribution < 1.29 is 18.7 Å². The molecular weight excluding hydrogens is 187 g/mol. The van der Waals surface area contributed by atoms with Gasteiger partial charge < -0.3 is 9.47 Å². The molecule has 0 saturated carbocycles. The second-order valence-corrected chi connectivity index (χ2v) is 2.70. The highest BCUT2D eigenvalue weighted by Crippen LogP contribution is 2.16. The maximum absolute atomic E-state index is 12.8. The number of aryl methyl sites for hydroxylation is 1. The van der Waals surface area contributed by atoms with Crippen LogP contribution in [0.3, 0.4) is 0 Å². The third kappa shape index (κ3) is 2.73. The number of benzene rings is 1. The van der Waals surface area contributed by atoms with Crippen molar-refractivity contribution in [2.75, 3.05) is 6.61 Å². The van der Waals surface area contributed by atoms with E-state index in [1.807, 2.05) is 0 Å². The minimum Gasteiger partial charge on any atom is -0.434 e. The molecular formula is C10H11FO3. The van der Waals surface area contributed by atoms with Gasteiger partial charge in [0.1, 0.15) is 11.6 Å². The predicted octanol–water partition coefficient (Wildman–Crippen LogP) is 2.67. The summed E-state index contributed by atoms with van der Waals surface area (Å²) in [5, 5.41) is 0. The van der Waals surface area contributed by atoms with Crippen LogP contribution in [0.1, 0.15) is 12.5 Å². The number of hydrogen-bond acceptors (Lipinski definition) is 3. The van der Waals surface area contributed by atoms with Gasteiger partial charge in [0, 0.05) is 0 Å². The van der Waals surface area contributed by atoms with E-state index in [0.29, 0.717) is 5.56 Å². The van der Waals surface area contributed by atoms with Crippen LogP contribution in [0.15, 0.2) is 18.2 Å². The first-order valence-corrected chi connectivity index (χ1v) is 4.24. The number of halogens is 1. The summed E-state index contributed by atoms with van der Waals surface area (Å²) in [4.78, 5) is 10.9. The fraction of sp³-hybridized carbons (Fsp3) is 0.300. The summed E-state index contributed by atoms with van der Waals surface area (Å²) in [5.74, 6) is -0.0523. The number of hydrogen-bond donors (Lipinski definition) is 0. The Balaban J connectivity index is 2.68. The minimum atomic E-state index is -0.779. The molecule has 3 nitrogen and oxygen atoms in total. The number of carbonyl (C=O) groups is 1. The summed E-state index contributed by atoms with van der Waals surface area (Å²) < 4.78 is 22.1. The van der Waals surface area contributed by atoms with Crippen LogP contribution in [0, 0.1) is 12.7 Å². The molecule has 76 valence electrons. The van der Waals surface area contributed by atoms with E-state index in [9.17, 15) is 9.18 Å². The Morgan fingerprint density at radius 1 is 1.50 bits per heavy atom. The molecule has 0 saturated heterocycles. The van der Waals surface area contributed by atoms with Crippen molar-refractivity contribution in [3.63, 3.8) is 0 Å². The van der Waals surface area contributed by atoms with Gasteiger partial charge in [-0.3, -0.25) is 0 Å². The molecule has 0 amide bonds. The number of carbonyl (C=O) groups excluding carboxylic acids is 1. The van der Waals surface area contributed by atoms with Crippen molar-refractivity contribution in [2.45, 2.75) is 13.8 Å². The molecule has 0 N–H and O–H groups in total. The molecule has 0 aliphatic rings. The minimum absolute atomic E-state index is 0.249. The molecule has 0 unspecified atom stereocenters. The lowest BCUT2D eigenvalue weighted by atomic mass is 10.2. The van der Waals surface area contributed by atoms with E-state index in [1.165, 1.54) is 18.2 Å². The van der Waals surface area contributed by atoms with Gasteiger partial charge in [-0.05, 0) is 37.6 Å². The van der Waals surface area contributed by atoms with Gasteiger partial charge >= 0.3 is 6.16 Å². The Morgan fingerprint density at radius 3 is 2.79 bits per heavy atom. The van der Waals surface area contributed by atoms with Gasteiger partial charge in [-0.25, -0.2) is 9.18 Å². The third-order valence-electron chi connectivity index (χ3n) is 1.59. The first-order chi connectivity index (χ1) is 6.63. The van der Waals surface area contributed by atoms with Crippen molar-refractivity contribution in [2.24, 2.45) is 0 Å². The number of ether oxygens (including phenoxy) is 2. The van der Waals surface area contributed by atoms with Gasteiger partial charge in [0.2, 0.25) is 0 Å². The van der Waals surface area contributed by atoms with E-state index in [0.717, 1.165) is 0 Å². The normalized spacial score (nSPS) is 9.64. The Bertz CT molecular complexity index is 336. The van der Waals surface area contributed by atoms with Crippen molar-refractivity contribution >= 4 is 6.16 Å². The van der Waals surface area contributed by atoms with E-state index >= 15 is 0 Å². The second-order valence-electron chi connectivity index (χ2n) is 2.70. The van der Waals surface area contributed by atoms with Gasteiger partial charge in [0.25, 0.3) is 0 Å². The summed E-state index contributed by atoms with van der Waals surface area (Å²) in [6.45, 7) is 3.52. The average molecular weight is 198 g/mol. The molecule has 0 heterocycles. The zero-order valence-electron chi connectivity index (χ0n) is 8.04. The highest BCUT2D eigenvalue weighted by molar-refractivity contribution is 5.63. The number of rotatable bonds is 2. The maximum atomic E-state index is 12.8. The van der Waals surface area contributed by atoms with Crippen LogP contribution in [0.5, 0.6) is 5.75 Å². The van der Waals surface area contributed by atoms with Gasteiger partial charge in [-0.2, -0.15) is 0 Å². The van der Waals surface area contributed by atoms with Crippen LogP contribution in [0.2, 0.25) is 0 Å². The summed E-state index contributed by atoms with van der Waals surface area (Å²) >= 11 is 0. The second kappa shape index (κ2) is 4.60. The molecule has 0 aliphatic carbocycles. The average Bonchev–Trinajstić information content (AvgIpc) is 2.12. The van der Waals surface area contributed by atoms with Crippen LogP contribution < -0.4 is 4.74 Å². The summed E-state index contributed by atoms with van der Waals surface area (Å²) in [6.07, 6.45) is -0.779. The Morgan fingerprint density at radius 2 is 2.21 bits per heavy atom. The molecule has 0 aliphatic heterocycles. The van der Waals surface area contributed by atoms with E-state index in [2.05, 4.69) is 4.74 Å². The van der Waals surface area contributed by atoms with Gasteiger partial charge in [-0.1, -0.05) is 0 Å². The van der Waals surface area contributed by atoms with E-state index < -0.39 is 6.16 Å². The molecule has 14 heavy (non-hydrogen) atoms. The SMILES string of the molecule is CCOC(=O)Oc1ccc(F)c(C)c1. The summed E-state index contributed by atoms with van der Waals surface area (Å²) in [5.41, 5.74) is 0.423. The van der Waals surface area contributed by atoms with Gasteiger partial charge in [0.05, 0.1) is 6.61 Å². The molecule has 0 aromatic heterocycles. The van der Waals surface area contributed by atoms with E-state index in [1.54, 1.807) is 13.8 Å². The van der Waals surface area contributed by atoms with Crippen LogP contribution in [-0.4, -0.2) is 12.8 Å². The monoisotopic (exact) mass is 198 g/mol. The molecule has 1 aromatic rings. The summed E-state index contributed by atoms with van der Waals surface area (Å²) in [6, 6.07) is 4.05. The molecule has 1 aromatic carbocycles. The maximum Gasteiger partial charge on any atom is 0.513 e. The van der Waals surface area contributed by atoms with Crippen LogP contribution in [0.4, 0.5) is 9.18 Å². The molecule has 0 fully saturated rings. The molecule has 0 radical (unpaired) electrons. The van der Waals surface area contributed by atoms with E-state index in [4.69, 9.17) is 4.74 Å². The van der Waals surface area contributed by atoms with Gasteiger partial charge in [0.15, 0.2) is 0 Å². The topological polar surface area (TPSA) is 35.5 Å². The van der Waals surface area contributed by atoms with Crippen LogP contribution >= 0.6 is 0 Å². The quantitative estimate of drug-likeness (QED) is 0.541. The Labute approximate surface area is 81.4 Å². The molecule has 0 bridgehead atoms. The molecule has 0 atom stereocenters. The lowest BCUT2D eigenvalue weighted by Crippen LogP contribution is -2.10. The smallest absolute Gasteiger partial charge is 0.434 e. The van der Waals surface area contributed by atoms with Crippen LogP contribution in [0.25, 0.3) is 0 Å².